The Hall–Kier alpha value is -0.640. The van der Waals surface area contributed by atoms with Gasteiger partial charge in [0.05, 0.1) is 19.8 Å². The molecule has 3 saturated heterocycles. The Bertz CT molecular complexity index is 653. The summed E-state index contributed by atoms with van der Waals surface area (Å²) in [7, 11) is 0. The second-order valence-electron chi connectivity index (χ2n) is 8.41. The van der Waals surface area contributed by atoms with E-state index < -0.39 is 112 Å². The van der Waals surface area contributed by atoms with Crippen LogP contribution in [0.25, 0.3) is 0 Å². The molecule has 200 valence electrons. The van der Waals surface area contributed by atoms with Gasteiger partial charge >= 0.3 is 0 Å². The van der Waals surface area contributed by atoms with E-state index in [0.29, 0.717) is 0 Å². The first-order chi connectivity index (χ1) is 16.0. The summed E-state index contributed by atoms with van der Waals surface area (Å²) in [6, 6.07) is 0. The smallest absolute Gasteiger partial charge is 0.224 e. The van der Waals surface area contributed by atoms with Gasteiger partial charge in [0, 0.05) is 0 Å². The Morgan fingerprint density at radius 1 is 0.588 bits per heavy atom. The first-order valence-electron chi connectivity index (χ1n) is 10.6. The minimum Gasteiger partial charge on any atom is -0.394 e. The number of hydrogen-bond donors (Lipinski definition) is 11. The zero-order valence-electron chi connectivity index (χ0n) is 17.8. The lowest BCUT2D eigenvalue weighted by atomic mass is 9.98. The van der Waals surface area contributed by atoms with Crippen molar-refractivity contribution in [3.8, 4) is 0 Å². The summed E-state index contributed by atoms with van der Waals surface area (Å²) in [6.45, 7) is -3.14. The van der Waals surface area contributed by atoms with E-state index in [1.807, 2.05) is 0 Å². The van der Waals surface area contributed by atoms with Crippen molar-refractivity contribution >= 4 is 0 Å². The molecule has 11 N–H and O–H groups in total. The largest absolute Gasteiger partial charge is 0.394 e. The van der Waals surface area contributed by atoms with E-state index in [0.717, 1.165) is 0 Å². The van der Waals surface area contributed by atoms with Crippen molar-refractivity contribution in [2.24, 2.45) is 0 Å². The van der Waals surface area contributed by atoms with E-state index >= 15 is 0 Å². The summed E-state index contributed by atoms with van der Waals surface area (Å²) in [5.41, 5.74) is 0. The van der Waals surface area contributed by atoms with Gasteiger partial charge in [-0.15, -0.1) is 0 Å². The lowest BCUT2D eigenvalue weighted by Crippen LogP contribution is -2.63. The van der Waals surface area contributed by atoms with Gasteiger partial charge in [0.15, 0.2) is 12.6 Å². The third-order valence-corrected chi connectivity index (χ3v) is 6.16. The number of rotatable bonds is 8. The minimum atomic E-state index is -2.36. The maximum atomic E-state index is 10.3. The summed E-state index contributed by atoms with van der Waals surface area (Å²) in [6.07, 6.45) is -21.8. The first-order valence-corrected chi connectivity index (χ1v) is 10.6. The molecule has 0 spiro atoms. The minimum absolute atomic E-state index is 0.634. The standard InChI is InChI=1S/C18H32O16/c19-1-5-8(22)11(25)13(27)16(31-5)30-3-7-9(23)12(26)14(28)17(32-7)34-18(4-21)15(29)10(24)6(2-20)33-18/h5-17,19-29H,1-4H2/t5-,6+,7+,8-,9+,10+,11+,12+,13+,14+,15-,16-,17+,18-/m0/s1. The van der Waals surface area contributed by atoms with Crippen molar-refractivity contribution in [2.45, 2.75) is 85.5 Å². The van der Waals surface area contributed by atoms with Crippen LogP contribution < -0.4 is 0 Å². The molecule has 0 bridgehead atoms. The van der Waals surface area contributed by atoms with Gasteiger partial charge in [-0.25, -0.2) is 0 Å². The van der Waals surface area contributed by atoms with Gasteiger partial charge < -0.3 is 79.9 Å². The molecular formula is C18H32O16. The van der Waals surface area contributed by atoms with Crippen LogP contribution in [0.15, 0.2) is 0 Å². The molecule has 3 aliphatic heterocycles. The van der Waals surface area contributed by atoms with Crippen LogP contribution in [0.2, 0.25) is 0 Å². The van der Waals surface area contributed by atoms with Crippen molar-refractivity contribution in [1.82, 2.24) is 0 Å². The fourth-order valence-corrected chi connectivity index (χ4v) is 4.01. The Labute approximate surface area is 192 Å². The summed E-state index contributed by atoms with van der Waals surface area (Å²) in [5.74, 6) is -2.36. The fourth-order valence-electron chi connectivity index (χ4n) is 4.01. The number of aliphatic hydroxyl groups excluding tert-OH is 11. The van der Waals surface area contributed by atoms with Crippen LogP contribution >= 0.6 is 0 Å². The average Bonchev–Trinajstić information content (AvgIpc) is 3.08. The van der Waals surface area contributed by atoms with Gasteiger partial charge in [0.25, 0.3) is 0 Å². The molecule has 3 fully saturated rings. The van der Waals surface area contributed by atoms with Crippen LogP contribution in [0.4, 0.5) is 0 Å². The van der Waals surface area contributed by atoms with Gasteiger partial charge in [-0.1, -0.05) is 0 Å². The van der Waals surface area contributed by atoms with Crippen molar-refractivity contribution in [3.05, 3.63) is 0 Å². The maximum Gasteiger partial charge on any atom is 0.224 e. The van der Waals surface area contributed by atoms with Crippen molar-refractivity contribution in [2.75, 3.05) is 26.4 Å². The third-order valence-electron chi connectivity index (χ3n) is 6.16. The molecule has 0 aliphatic carbocycles. The molecule has 0 radical (unpaired) electrons. The zero-order valence-corrected chi connectivity index (χ0v) is 17.8. The first kappa shape index (κ1) is 27.9. The highest BCUT2D eigenvalue weighted by atomic mass is 16.8. The second-order valence-corrected chi connectivity index (χ2v) is 8.41. The fraction of sp³-hybridized carbons (Fsp3) is 1.00. The molecule has 0 amide bonds. The van der Waals surface area contributed by atoms with Gasteiger partial charge in [-0.3, -0.25) is 0 Å². The zero-order chi connectivity index (χ0) is 25.4. The van der Waals surface area contributed by atoms with Gasteiger partial charge in [-0.2, -0.15) is 0 Å². The molecule has 0 unspecified atom stereocenters. The normalized spacial score (nSPS) is 52.1. The molecule has 0 aromatic carbocycles. The Kier molecular flexibility index (Phi) is 9.18. The molecule has 3 aliphatic rings. The van der Waals surface area contributed by atoms with E-state index in [1.54, 1.807) is 0 Å². The van der Waals surface area contributed by atoms with Crippen LogP contribution in [0, 0.1) is 0 Å². The van der Waals surface area contributed by atoms with Gasteiger partial charge in [-0.05, 0) is 0 Å². The second kappa shape index (κ2) is 11.2. The van der Waals surface area contributed by atoms with E-state index in [2.05, 4.69) is 0 Å². The van der Waals surface area contributed by atoms with E-state index in [-0.39, 0.29) is 0 Å². The lowest BCUT2D eigenvalue weighted by Gasteiger charge is -2.44. The van der Waals surface area contributed by atoms with Crippen LogP contribution in [-0.2, 0) is 23.7 Å². The van der Waals surface area contributed by atoms with Crippen LogP contribution in [0.1, 0.15) is 0 Å². The van der Waals surface area contributed by atoms with Crippen LogP contribution in [0.3, 0.4) is 0 Å². The maximum absolute atomic E-state index is 10.3. The lowest BCUT2D eigenvalue weighted by molar-refractivity contribution is -0.388. The molecule has 0 saturated carbocycles. The van der Waals surface area contributed by atoms with Crippen molar-refractivity contribution in [1.29, 1.82) is 0 Å². The number of ether oxygens (including phenoxy) is 5. The number of hydrogen-bond acceptors (Lipinski definition) is 16. The summed E-state index contributed by atoms with van der Waals surface area (Å²) < 4.78 is 26.4. The molecule has 3 rings (SSSR count). The highest BCUT2D eigenvalue weighted by molar-refractivity contribution is 4.98. The number of aliphatic hydroxyl groups is 11. The van der Waals surface area contributed by atoms with Gasteiger partial charge in [0.1, 0.15) is 73.8 Å². The Balaban J connectivity index is 1.69. The molecule has 34 heavy (non-hydrogen) atoms. The molecular weight excluding hydrogens is 472 g/mol. The predicted octanol–water partition coefficient (Wildman–Crippen LogP) is -7.57. The summed E-state index contributed by atoms with van der Waals surface area (Å²) in [4.78, 5) is 0. The van der Waals surface area contributed by atoms with Crippen LogP contribution in [-0.4, -0.2) is 168 Å². The van der Waals surface area contributed by atoms with Crippen molar-refractivity contribution < 1.29 is 79.9 Å². The highest BCUT2D eigenvalue weighted by Crippen LogP contribution is 2.36. The molecule has 0 aromatic rings. The highest BCUT2D eigenvalue weighted by Gasteiger charge is 2.58. The van der Waals surface area contributed by atoms with Crippen molar-refractivity contribution in [3.63, 3.8) is 0 Å². The van der Waals surface area contributed by atoms with E-state index in [9.17, 15) is 56.2 Å². The molecule has 14 atom stereocenters. The Morgan fingerprint density at radius 3 is 1.65 bits per heavy atom. The Morgan fingerprint density at radius 2 is 1.12 bits per heavy atom. The molecule has 0 aromatic heterocycles. The third kappa shape index (κ3) is 5.09. The molecule has 16 heteroatoms. The van der Waals surface area contributed by atoms with Crippen LogP contribution in [0.5, 0.6) is 0 Å². The topological polar surface area (TPSA) is 269 Å². The quantitative estimate of drug-likeness (QED) is 0.146. The van der Waals surface area contributed by atoms with Gasteiger partial charge in [0.2, 0.25) is 5.79 Å². The van der Waals surface area contributed by atoms with E-state index in [1.165, 1.54) is 0 Å². The van der Waals surface area contributed by atoms with E-state index in [4.69, 9.17) is 23.7 Å². The summed E-state index contributed by atoms with van der Waals surface area (Å²) >= 11 is 0. The average molecular weight is 504 g/mol. The molecule has 3 heterocycles. The molecule has 16 nitrogen and oxygen atoms in total. The summed E-state index contributed by atoms with van der Waals surface area (Å²) in [5, 5.41) is 109. The monoisotopic (exact) mass is 504 g/mol. The predicted molar refractivity (Wildman–Crippen MR) is 101 cm³/mol. The SMILES string of the molecule is OC[C@@H]1O[C@H](OC[C@H]2O[C@H](O[C@]3(CO)O[C@H](CO)[C@@H](O)[C@@H]3O)[C@H](O)[C@H](O)[C@@H]2O)[C@H](O)[C@H](O)[C@H]1O.